The third kappa shape index (κ3) is 10.7. The predicted molar refractivity (Wildman–Crippen MR) is 83.7 cm³/mol. The average Bonchev–Trinajstić information content (AvgIpc) is 2.65. The van der Waals surface area contributed by atoms with Gasteiger partial charge in [-0.2, -0.15) is 13.2 Å². The number of amides is 1. The van der Waals surface area contributed by atoms with Gasteiger partial charge in [-0.15, -0.1) is 0 Å². The molecule has 1 aromatic heterocycles. The third-order valence-corrected chi connectivity index (χ3v) is 2.85. The van der Waals surface area contributed by atoms with Crippen LogP contribution >= 0.6 is 0 Å². The molecule has 0 fully saturated rings. The van der Waals surface area contributed by atoms with Crippen molar-refractivity contribution >= 4 is 23.8 Å². The molecule has 156 valence electrons. The average molecular weight is 410 g/mol. The minimum Gasteiger partial charge on any atom is -0.481 e. The number of methoxy groups -OCH3 is 2. The van der Waals surface area contributed by atoms with Crippen molar-refractivity contribution in [1.29, 1.82) is 0 Å². The van der Waals surface area contributed by atoms with Crippen LogP contribution in [0, 0.1) is 0 Å². The molecular formula is C15H19F3N3O7+. The summed E-state index contributed by atoms with van der Waals surface area (Å²) >= 11 is 0. The van der Waals surface area contributed by atoms with E-state index in [1.54, 1.807) is 0 Å². The Morgan fingerprint density at radius 1 is 1.18 bits per heavy atom. The molecule has 0 saturated heterocycles. The lowest BCUT2D eigenvalue weighted by Crippen LogP contribution is -2.39. The molecule has 0 saturated carbocycles. The largest absolute Gasteiger partial charge is 0.490 e. The molecule has 28 heavy (non-hydrogen) atoms. The molecule has 0 radical (unpaired) electrons. The molecule has 13 heteroatoms. The molecule has 1 rings (SSSR count). The number of nitrogens with zero attached hydrogens (tertiary/aromatic N) is 2. The second kappa shape index (κ2) is 12.2. The molecule has 0 unspecified atom stereocenters. The number of aromatic nitrogens is 2. The van der Waals surface area contributed by atoms with E-state index in [2.05, 4.69) is 19.9 Å². The molecule has 1 amide bonds. The monoisotopic (exact) mass is 410 g/mol. The van der Waals surface area contributed by atoms with E-state index in [0.717, 1.165) is 0 Å². The highest BCUT2D eigenvalue weighted by atomic mass is 19.4. The summed E-state index contributed by atoms with van der Waals surface area (Å²) in [6, 6.07) is 1.53. The van der Waals surface area contributed by atoms with E-state index in [4.69, 9.17) is 5.11 Å². The van der Waals surface area contributed by atoms with Crippen LogP contribution in [0.2, 0.25) is 0 Å². The molecule has 0 aromatic carbocycles. The summed E-state index contributed by atoms with van der Waals surface area (Å²) in [4.78, 5) is 42.4. The van der Waals surface area contributed by atoms with E-state index >= 15 is 0 Å². The van der Waals surface area contributed by atoms with Crippen LogP contribution in [-0.2, 0) is 30.4 Å². The van der Waals surface area contributed by atoms with Crippen molar-refractivity contribution in [1.82, 2.24) is 10.4 Å². The molecule has 2 N–H and O–H groups in total. The molecule has 0 aliphatic carbocycles. The van der Waals surface area contributed by atoms with Gasteiger partial charge in [-0.05, 0) is 5.10 Å². The van der Waals surface area contributed by atoms with Crippen LogP contribution in [0.15, 0.2) is 18.5 Å². The molecule has 0 aliphatic heterocycles. The van der Waals surface area contributed by atoms with Crippen molar-refractivity contribution in [3.8, 4) is 0 Å². The molecule has 0 spiro atoms. The number of ether oxygens (including phenoxy) is 2. The first-order chi connectivity index (χ1) is 13.0. The number of carbonyl (C=O) groups is 4. The van der Waals surface area contributed by atoms with Gasteiger partial charge in [0.25, 0.3) is 5.91 Å². The van der Waals surface area contributed by atoms with Gasteiger partial charge in [-0.3, -0.25) is 14.4 Å². The number of carboxylic acid groups (broad SMARTS) is 1. The van der Waals surface area contributed by atoms with E-state index in [0.29, 0.717) is 12.7 Å². The summed E-state index contributed by atoms with van der Waals surface area (Å²) in [6.07, 6.45) is -1.92. The smallest absolute Gasteiger partial charge is 0.481 e. The fourth-order valence-corrected chi connectivity index (χ4v) is 1.46. The highest BCUT2D eigenvalue weighted by molar-refractivity contribution is 5.93. The van der Waals surface area contributed by atoms with Crippen molar-refractivity contribution in [3.63, 3.8) is 0 Å². The molecule has 10 nitrogen and oxygen atoms in total. The summed E-state index contributed by atoms with van der Waals surface area (Å²) in [5.41, 5.74) is 0.335. The van der Waals surface area contributed by atoms with Gasteiger partial charge in [0.2, 0.25) is 0 Å². The van der Waals surface area contributed by atoms with Crippen molar-refractivity contribution < 1.29 is 51.6 Å². The lowest BCUT2D eigenvalue weighted by molar-refractivity contribution is -0.753. The Morgan fingerprint density at radius 2 is 1.82 bits per heavy atom. The number of hydrogen-bond acceptors (Lipinski definition) is 7. The molecule has 0 aliphatic rings. The minimum atomic E-state index is -4.85. The first-order valence-electron chi connectivity index (χ1n) is 7.59. The Hall–Kier alpha value is -3.25. The SMILES string of the molecule is COC(=O)C(F)(F)F.COC(=O)CCNC(=O)c1cc[n+](CCC(=O)O)nc1. The van der Waals surface area contributed by atoms with Gasteiger partial charge in [0.15, 0.2) is 12.7 Å². The Balaban J connectivity index is 0.000000769. The van der Waals surface area contributed by atoms with Crippen LogP contribution < -0.4 is 10.00 Å². The minimum absolute atomic E-state index is 0.0393. The van der Waals surface area contributed by atoms with Gasteiger partial charge in [-0.25, -0.2) is 4.79 Å². The predicted octanol–water partition coefficient (Wildman–Crippen LogP) is -0.142. The van der Waals surface area contributed by atoms with E-state index in [1.807, 2.05) is 0 Å². The third-order valence-electron chi connectivity index (χ3n) is 2.85. The number of aryl methyl sites for hydroxylation is 1. The lowest BCUT2D eigenvalue weighted by atomic mass is 10.3. The highest BCUT2D eigenvalue weighted by Crippen LogP contribution is 2.15. The molecule has 1 aromatic rings. The topological polar surface area (TPSA) is 136 Å². The normalized spacial score (nSPS) is 10.2. The fraction of sp³-hybridized carbons (Fsp3) is 0.467. The van der Waals surface area contributed by atoms with Crippen molar-refractivity contribution in [2.45, 2.75) is 25.6 Å². The molecule has 0 bridgehead atoms. The number of hydrogen-bond donors (Lipinski definition) is 2. The summed E-state index contributed by atoms with van der Waals surface area (Å²) < 4.78 is 42.2. The lowest BCUT2D eigenvalue weighted by Gasteiger charge is -2.03. The van der Waals surface area contributed by atoms with E-state index < -0.39 is 24.1 Å². The number of rotatable bonds is 7. The van der Waals surface area contributed by atoms with Crippen LogP contribution in [0.4, 0.5) is 13.2 Å². The van der Waals surface area contributed by atoms with E-state index in [1.165, 1.54) is 30.3 Å². The highest BCUT2D eigenvalue weighted by Gasteiger charge is 2.40. The van der Waals surface area contributed by atoms with Crippen LogP contribution in [0.5, 0.6) is 0 Å². The van der Waals surface area contributed by atoms with Crippen LogP contribution in [-0.4, -0.2) is 61.0 Å². The zero-order valence-corrected chi connectivity index (χ0v) is 15.0. The second-order valence-corrected chi connectivity index (χ2v) is 4.89. The zero-order valence-electron chi connectivity index (χ0n) is 15.0. The Morgan fingerprint density at radius 3 is 2.21 bits per heavy atom. The Labute approximate surface area is 157 Å². The number of alkyl halides is 3. The summed E-state index contributed by atoms with van der Waals surface area (Å²) in [5, 5.41) is 15.0. The fourth-order valence-electron chi connectivity index (χ4n) is 1.46. The van der Waals surface area contributed by atoms with Crippen LogP contribution in [0.3, 0.4) is 0 Å². The van der Waals surface area contributed by atoms with Gasteiger partial charge in [0, 0.05) is 12.6 Å². The zero-order chi connectivity index (χ0) is 21.7. The number of carboxylic acids is 1. The molecule has 0 atom stereocenters. The maximum absolute atomic E-state index is 11.7. The van der Waals surface area contributed by atoms with Gasteiger partial charge < -0.3 is 19.9 Å². The van der Waals surface area contributed by atoms with Gasteiger partial charge in [0.05, 0.1) is 26.2 Å². The van der Waals surface area contributed by atoms with Gasteiger partial charge in [-0.1, -0.05) is 4.68 Å². The standard InChI is InChI=1S/C12H15N3O5.C3H3F3O2/c1-20-11(18)2-5-13-12(19)9-3-6-15(14-8-9)7-4-10(16)17;1-8-2(7)3(4,5)6/h3,6,8H,2,4-5,7H2,1H3,(H-,13,16,17,19);1H3/p+1. The van der Waals surface area contributed by atoms with E-state index in [-0.39, 0.29) is 31.8 Å². The Kier molecular flexibility index (Phi) is 10.8. The van der Waals surface area contributed by atoms with Gasteiger partial charge >= 0.3 is 24.1 Å². The number of esters is 2. The van der Waals surface area contributed by atoms with Crippen LogP contribution in [0.25, 0.3) is 0 Å². The number of nitrogens with one attached hydrogen (secondary N) is 1. The van der Waals surface area contributed by atoms with Crippen LogP contribution in [0.1, 0.15) is 23.2 Å². The summed E-state index contributed by atoms with van der Waals surface area (Å²) in [6.45, 7) is 0.416. The number of halogens is 3. The second-order valence-electron chi connectivity index (χ2n) is 4.89. The number of aliphatic carboxylic acids is 1. The maximum atomic E-state index is 11.7. The van der Waals surface area contributed by atoms with Crippen molar-refractivity contribution in [2.75, 3.05) is 20.8 Å². The van der Waals surface area contributed by atoms with Crippen molar-refractivity contribution in [3.05, 3.63) is 24.0 Å². The van der Waals surface area contributed by atoms with Crippen molar-refractivity contribution in [2.24, 2.45) is 0 Å². The summed E-state index contributed by atoms with van der Waals surface area (Å²) in [7, 11) is 1.96. The number of carbonyl (C=O) groups excluding carboxylic acids is 3. The van der Waals surface area contributed by atoms with Gasteiger partial charge in [0.1, 0.15) is 12.6 Å². The molecular weight excluding hydrogens is 391 g/mol. The quantitative estimate of drug-likeness (QED) is 0.468. The Bertz CT molecular complexity index is 678. The first-order valence-corrected chi connectivity index (χ1v) is 7.59. The summed E-state index contributed by atoms with van der Waals surface area (Å²) in [5.74, 6) is -3.84. The first kappa shape index (κ1) is 24.8. The van der Waals surface area contributed by atoms with E-state index in [9.17, 15) is 32.3 Å². The molecule has 1 heterocycles. The maximum Gasteiger partial charge on any atom is 0.490 e.